The molecule has 0 saturated carbocycles. The maximum absolute atomic E-state index is 4.19. The third-order valence-electron chi connectivity index (χ3n) is 3.13. The fourth-order valence-corrected chi connectivity index (χ4v) is 2.32. The minimum Gasteiger partial charge on any atom is -0.317 e. The minimum atomic E-state index is 0.638. The monoisotopic (exact) mass is 202 g/mol. The topological polar surface area (TPSA) is 42.2 Å². The highest BCUT2D eigenvalue weighted by molar-refractivity contribution is 5.48. The smallest absolute Gasteiger partial charge is 0.164 e. The highest BCUT2D eigenvalue weighted by atomic mass is 15.2. The number of hydrogen-bond donors (Lipinski definition) is 1. The van der Waals surface area contributed by atoms with E-state index in [1.807, 2.05) is 10.6 Å². The van der Waals surface area contributed by atoms with Crippen molar-refractivity contribution in [3.63, 3.8) is 0 Å². The van der Waals surface area contributed by atoms with Gasteiger partial charge in [0, 0.05) is 11.8 Å². The van der Waals surface area contributed by atoms with Gasteiger partial charge in [-0.2, -0.15) is 0 Å². The Balaban J connectivity index is 2.05. The number of nitrogens with one attached hydrogen (secondary N) is 1. The van der Waals surface area contributed by atoms with Gasteiger partial charge in [0.05, 0.1) is 0 Å². The molecule has 2 aromatic rings. The molecule has 0 aromatic carbocycles. The summed E-state index contributed by atoms with van der Waals surface area (Å²) in [6.07, 6.45) is 6.17. The van der Waals surface area contributed by atoms with Crippen LogP contribution < -0.4 is 5.32 Å². The lowest BCUT2D eigenvalue weighted by Gasteiger charge is -2.22. The summed E-state index contributed by atoms with van der Waals surface area (Å²) in [5.74, 6) is 0.638. The molecular formula is C11H14N4. The summed E-state index contributed by atoms with van der Waals surface area (Å²) < 4.78 is 2.00. The maximum Gasteiger partial charge on any atom is 0.164 e. The summed E-state index contributed by atoms with van der Waals surface area (Å²) in [7, 11) is 0. The van der Waals surface area contributed by atoms with Crippen molar-refractivity contribution in [1.29, 1.82) is 0 Å². The molecule has 0 radical (unpaired) electrons. The number of nitrogens with zero attached hydrogens (tertiary/aromatic N) is 3. The molecule has 4 heteroatoms. The van der Waals surface area contributed by atoms with E-state index in [0.29, 0.717) is 5.92 Å². The van der Waals surface area contributed by atoms with E-state index >= 15 is 0 Å². The zero-order valence-electron chi connectivity index (χ0n) is 8.56. The Morgan fingerprint density at radius 3 is 3.07 bits per heavy atom. The Hall–Kier alpha value is -1.42. The van der Waals surface area contributed by atoms with Crippen LogP contribution in [0.3, 0.4) is 0 Å². The molecule has 1 N–H and O–H groups in total. The molecule has 4 nitrogen and oxygen atoms in total. The standard InChI is InChI=1S/C11H14N4/c1-2-10(9-3-5-12-6-4-9)11-14-13-8-15(11)7-1/h1-2,7-9,12H,3-6H2. The van der Waals surface area contributed by atoms with Crippen molar-refractivity contribution in [1.82, 2.24) is 19.9 Å². The highest BCUT2D eigenvalue weighted by Gasteiger charge is 2.18. The second-order valence-corrected chi connectivity index (χ2v) is 4.05. The lowest BCUT2D eigenvalue weighted by Crippen LogP contribution is -2.26. The van der Waals surface area contributed by atoms with Gasteiger partial charge in [-0.3, -0.25) is 4.40 Å². The second kappa shape index (κ2) is 3.62. The van der Waals surface area contributed by atoms with Crippen molar-refractivity contribution in [3.8, 4) is 0 Å². The van der Waals surface area contributed by atoms with Gasteiger partial charge in [0.15, 0.2) is 5.65 Å². The zero-order valence-corrected chi connectivity index (χ0v) is 8.56. The van der Waals surface area contributed by atoms with Crippen LogP contribution in [0.25, 0.3) is 5.65 Å². The predicted octanol–water partition coefficient (Wildman–Crippen LogP) is 1.20. The lowest BCUT2D eigenvalue weighted by atomic mass is 9.91. The molecule has 1 aliphatic rings. The zero-order chi connectivity index (χ0) is 10.1. The molecule has 3 rings (SSSR count). The van der Waals surface area contributed by atoms with Crippen LogP contribution in [-0.4, -0.2) is 27.7 Å². The van der Waals surface area contributed by atoms with Crippen molar-refractivity contribution < 1.29 is 0 Å². The summed E-state index contributed by atoms with van der Waals surface area (Å²) in [5, 5.41) is 11.5. The van der Waals surface area contributed by atoms with Gasteiger partial charge in [-0.25, -0.2) is 0 Å². The normalized spacial score (nSPS) is 18.4. The molecule has 0 unspecified atom stereocenters. The van der Waals surface area contributed by atoms with Gasteiger partial charge >= 0.3 is 0 Å². The van der Waals surface area contributed by atoms with Gasteiger partial charge in [0.1, 0.15) is 6.33 Å². The fourth-order valence-electron chi connectivity index (χ4n) is 2.32. The Kier molecular flexibility index (Phi) is 2.14. The van der Waals surface area contributed by atoms with Gasteiger partial charge < -0.3 is 5.32 Å². The number of rotatable bonds is 1. The van der Waals surface area contributed by atoms with Gasteiger partial charge in [0.25, 0.3) is 0 Å². The maximum atomic E-state index is 4.19. The van der Waals surface area contributed by atoms with Crippen molar-refractivity contribution in [2.75, 3.05) is 13.1 Å². The Bertz CT molecular complexity index is 456. The molecule has 1 aliphatic heterocycles. The SMILES string of the molecule is c1cc(C2CCNCC2)c2nncn2c1. The first kappa shape index (κ1) is 8.85. The lowest BCUT2D eigenvalue weighted by molar-refractivity contribution is 0.461. The van der Waals surface area contributed by atoms with E-state index in [4.69, 9.17) is 0 Å². The van der Waals surface area contributed by atoms with Crippen molar-refractivity contribution in [2.24, 2.45) is 0 Å². The highest BCUT2D eigenvalue weighted by Crippen LogP contribution is 2.27. The minimum absolute atomic E-state index is 0.638. The van der Waals surface area contributed by atoms with E-state index in [0.717, 1.165) is 18.7 Å². The molecule has 0 aliphatic carbocycles. The molecule has 0 atom stereocenters. The van der Waals surface area contributed by atoms with Crippen LogP contribution in [0, 0.1) is 0 Å². The molecule has 0 amide bonds. The number of hydrogen-bond acceptors (Lipinski definition) is 3. The molecule has 2 aromatic heterocycles. The summed E-state index contributed by atoms with van der Waals surface area (Å²) in [6, 6.07) is 4.26. The van der Waals surface area contributed by atoms with E-state index in [9.17, 15) is 0 Å². The van der Waals surface area contributed by atoms with Crippen LogP contribution in [0.1, 0.15) is 24.3 Å². The first-order chi connectivity index (χ1) is 7.45. The first-order valence-electron chi connectivity index (χ1n) is 5.44. The molecule has 1 saturated heterocycles. The van der Waals surface area contributed by atoms with E-state index in [2.05, 4.69) is 27.6 Å². The van der Waals surface area contributed by atoms with Crippen LogP contribution in [0.15, 0.2) is 24.7 Å². The Morgan fingerprint density at radius 2 is 2.20 bits per heavy atom. The number of fused-ring (bicyclic) bond motifs is 1. The first-order valence-corrected chi connectivity index (χ1v) is 5.44. The fraction of sp³-hybridized carbons (Fsp3) is 0.455. The molecular weight excluding hydrogens is 188 g/mol. The van der Waals surface area contributed by atoms with Crippen LogP contribution in [0.2, 0.25) is 0 Å². The summed E-state index contributed by atoms with van der Waals surface area (Å²) in [6.45, 7) is 2.22. The Morgan fingerprint density at radius 1 is 1.33 bits per heavy atom. The van der Waals surface area contributed by atoms with E-state index < -0.39 is 0 Å². The average molecular weight is 202 g/mol. The van der Waals surface area contributed by atoms with Crippen molar-refractivity contribution >= 4 is 5.65 Å². The second-order valence-electron chi connectivity index (χ2n) is 4.05. The van der Waals surface area contributed by atoms with E-state index in [1.54, 1.807) is 6.33 Å². The van der Waals surface area contributed by atoms with Gasteiger partial charge in [0.2, 0.25) is 0 Å². The molecule has 15 heavy (non-hydrogen) atoms. The molecule has 1 fully saturated rings. The summed E-state index contributed by atoms with van der Waals surface area (Å²) >= 11 is 0. The van der Waals surface area contributed by atoms with Crippen LogP contribution in [-0.2, 0) is 0 Å². The van der Waals surface area contributed by atoms with Crippen molar-refractivity contribution in [3.05, 3.63) is 30.2 Å². The third-order valence-corrected chi connectivity index (χ3v) is 3.13. The van der Waals surface area contributed by atoms with Crippen LogP contribution >= 0.6 is 0 Å². The molecule has 78 valence electrons. The van der Waals surface area contributed by atoms with E-state index in [-0.39, 0.29) is 0 Å². The quantitative estimate of drug-likeness (QED) is 0.755. The van der Waals surface area contributed by atoms with Crippen LogP contribution in [0.5, 0.6) is 0 Å². The molecule has 3 heterocycles. The van der Waals surface area contributed by atoms with Gasteiger partial charge in [-0.05, 0) is 37.9 Å². The number of aromatic nitrogens is 3. The Labute approximate surface area is 88.3 Å². The average Bonchev–Trinajstić information content (AvgIpc) is 2.78. The largest absolute Gasteiger partial charge is 0.317 e. The van der Waals surface area contributed by atoms with Gasteiger partial charge in [-0.1, -0.05) is 6.07 Å². The molecule has 0 spiro atoms. The number of piperidine rings is 1. The van der Waals surface area contributed by atoms with E-state index in [1.165, 1.54) is 18.4 Å². The molecule has 0 bridgehead atoms. The predicted molar refractivity (Wildman–Crippen MR) is 57.8 cm³/mol. The summed E-state index contributed by atoms with van der Waals surface area (Å²) in [4.78, 5) is 0. The number of pyridine rings is 1. The summed E-state index contributed by atoms with van der Waals surface area (Å²) in [5.41, 5.74) is 2.36. The van der Waals surface area contributed by atoms with Crippen molar-refractivity contribution in [2.45, 2.75) is 18.8 Å². The third kappa shape index (κ3) is 1.51. The van der Waals surface area contributed by atoms with Gasteiger partial charge in [-0.15, -0.1) is 10.2 Å². The van der Waals surface area contributed by atoms with Crippen LogP contribution in [0.4, 0.5) is 0 Å².